The number of halogens is 1. The van der Waals surface area contributed by atoms with E-state index in [0.29, 0.717) is 24.7 Å². The van der Waals surface area contributed by atoms with Crippen molar-refractivity contribution in [1.29, 1.82) is 0 Å². The number of hydrogen-bond acceptors (Lipinski definition) is 6. The lowest BCUT2D eigenvalue weighted by Crippen LogP contribution is -2.43. The van der Waals surface area contributed by atoms with E-state index in [1.165, 1.54) is 10.3 Å². The molecule has 0 atom stereocenters. The first-order valence-electron chi connectivity index (χ1n) is 12.2. The van der Waals surface area contributed by atoms with Gasteiger partial charge in [0.2, 0.25) is 0 Å². The third kappa shape index (κ3) is 7.23. The van der Waals surface area contributed by atoms with Crippen LogP contribution in [0.5, 0.6) is 11.5 Å². The number of carbonyl (C=O) groups excluding carboxylic acids is 1. The molecular weight excluding hydrogens is 550 g/mol. The van der Waals surface area contributed by atoms with Crippen LogP contribution in [0.15, 0.2) is 59.1 Å². The highest BCUT2D eigenvalue weighted by Crippen LogP contribution is 2.35. The monoisotopic (exact) mass is 581 g/mol. The second kappa shape index (κ2) is 11.5. The Morgan fingerprint density at radius 3 is 2.46 bits per heavy atom. The standard InChI is InChI=1S/C29H32BrN3O3S/c1-6-35-24-14-20(22(30)15-25(24)36-17-27(34)33-29(3,4)5)16-31-21-10-8-19(9-11-21)28-32-23-12-7-18(2)13-26(23)37-28/h7-15,31H,6,16-17H2,1-5H3,(H,33,34). The van der Waals surface area contributed by atoms with Crippen LogP contribution in [0.2, 0.25) is 0 Å². The fraction of sp³-hybridized carbons (Fsp3) is 0.310. The Kier molecular flexibility index (Phi) is 8.39. The maximum atomic E-state index is 12.2. The number of thiazole rings is 1. The van der Waals surface area contributed by atoms with Gasteiger partial charge in [-0.25, -0.2) is 4.98 Å². The Bertz CT molecular complexity index is 1390. The van der Waals surface area contributed by atoms with Gasteiger partial charge in [0.1, 0.15) is 5.01 Å². The van der Waals surface area contributed by atoms with Crippen LogP contribution >= 0.6 is 27.3 Å². The summed E-state index contributed by atoms with van der Waals surface area (Å²) < 4.78 is 13.7. The van der Waals surface area contributed by atoms with Crippen molar-refractivity contribution in [1.82, 2.24) is 10.3 Å². The largest absolute Gasteiger partial charge is 0.490 e. The zero-order valence-electron chi connectivity index (χ0n) is 21.8. The number of nitrogens with zero attached hydrogens (tertiary/aromatic N) is 1. The van der Waals surface area contributed by atoms with Crippen LogP contribution in [0.4, 0.5) is 5.69 Å². The molecule has 8 heteroatoms. The Morgan fingerprint density at radius 1 is 1.03 bits per heavy atom. The number of nitrogens with one attached hydrogen (secondary N) is 2. The summed E-state index contributed by atoms with van der Waals surface area (Å²) in [5, 5.41) is 7.39. The lowest BCUT2D eigenvalue weighted by Gasteiger charge is -2.21. The van der Waals surface area contributed by atoms with Crippen LogP contribution in [-0.2, 0) is 11.3 Å². The Morgan fingerprint density at radius 2 is 1.76 bits per heavy atom. The van der Waals surface area contributed by atoms with Crippen molar-refractivity contribution in [2.75, 3.05) is 18.5 Å². The van der Waals surface area contributed by atoms with E-state index in [4.69, 9.17) is 14.5 Å². The minimum Gasteiger partial charge on any atom is -0.490 e. The number of fused-ring (bicyclic) bond motifs is 1. The zero-order valence-corrected chi connectivity index (χ0v) is 24.2. The van der Waals surface area contributed by atoms with Crippen molar-refractivity contribution in [3.05, 3.63) is 70.2 Å². The second-order valence-corrected chi connectivity index (χ2v) is 11.7. The Hall–Kier alpha value is -3.10. The van der Waals surface area contributed by atoms with Gasteiger partial charge >= 0.3 is 0 Å². The van der Waals surface area contributed by atoms with E-state index in [1.807, 2.05) is 39.8 Å². The fourth-order valence-electron chi connectivity index (χ4n) is 3.77. The molecule has 4 rings (SSSR count). The topological polar surface area (TPSA) is 72.5 Å². The minimum absolute atomic E-state index is 0.0814. The summed E-state index contributed by atoms with van der Waals surface area (Å²) in [7, 11) is 0. The molecule has 1 aromatic heterocycles. The maximum Gasteiger partial charge on any atom is 0.258 e. The molecule has 6 nitrogen and oxygen atoms in total. The lowest BCUT2D eigenvalue weighted by atomic mass is 10.1. The quantitative estimate of drug-likeness (QED) is 0.216. The fourth-order valence-corrected chi connectivity index (χ4v) is 5.31. The van der Waals surface area contributed by atoms with E-state index in [2.05, 4.69) is 76.0 Å². The molecule has 4 aromatic rings. The molecule has 0 aliphatic rings. The van der Waals surface area contributed by atoms with Crippen molar-refractivity contribution in [3.8, 4) is 22.1 Å². The highest BCUT2D eigenvalue weighted by molar-refractivity contribution is 9.10. The van der Waals surface area contributed by atoms with Gasteiger partial charge in [0.15, 0.2) is 18.1 Å². The van der Waals surface area contributed by atoms with Crippen molar-refractivity contribution < 1.29 is 14.3 Å². The van der Waals surface area contributed by atoms with E-state index in [1.54, 1.807) is 11.3 Å². The summed E-state index contributed by atoms with van der Waals surface area (Å²) in [4.78, 5) is 17.0. The highest BCUT2D eigenvalue weighted by atomic mass is 79.9. The predicted molar refractivity (Wildman–Crippen MR) is 156 cm³/mol. The summed E-state index contributed by atoms with van der Waals surface area (Å²) >= 11 is 5.35. The molecule has 1 heterocycles. The smallest absolute Gasteiger partial charge is 0.258 e. The molecule has 0 radical (unpaired) electrons. The molecule has 0 unspecified atom stereocenters. The molecule has 1 amide bonds. The molecule has 194 valence electrons. The number of aromatic nitrogens is 1. The molecule has 0 bridgehead atoms. The van der Waals surface area contributed by atoms with E-state index in [-0.39, 0.29) is 18.1 Å². The normalized spacial score (nSPS) is 11.4. The van der Waals surface area contributed by atoms with Gasteiger partial charge in [0, 0.05) is 27.8 Å². The van der Waals surface area contributed by atoms with E-state index < -0.39 is 0 Å². The molecule has 3 aromatic carbocycles. The molecule has 0 aliphatic carbocycles. The number of amides is 1. The third-order valence-electron chi connectivity index (χ3n) is 5.44. The van der Waals surface area contributed by atoms with Gasteiger partial charge in [-0.2, -0.15) is 0 Å². The van der Waals surface area contributed by atoms with Crippen molar-refractivity contribution in [2.24, 2.45) is 0 Å². The predicted octanol–water partition coefficient (Wildman–Crippen LogP) is 7.34. The summed E-state index contributed by atoms with van der Waals surface area (Å²) in [6.45, 7) is 10.8. The molecule has 0 fully saturated rings. The van der Waals surface area contributed by atoms with Crippen molar-refractivity contribution in [3.63, 3.8) is 0 Å². The van der Waals surface area contributed by atoms with Gasteiger partial charge in [-0.05, 0) is 94.3 Å². The number of ether oxygens (including phenoxy) is 2. The van der Waals surface area contributed by atoms with Crippen LogP contribution < -0.4 is 20.1 Å². The number of benzene rings is 3. The minimum atomic E-state index is -0.314. The molecule has 37 heavy (non-hydrogen) atoms. The number of aryl methyl sites for hydroxylation is 1. The van der Waals surface area contributed by atoms with Gasteiger partial charge < -0.3 is 20.1 Å². The molecule has 0 spiro atoms. The average molecular weight is 583 g/mol. The number of carbonyl (C=O) groups is 1. The van der Waals surface area contributed by atoms with Crippen LogP contribution in [-0.4, -0.2) is 29.6 Å². The summed E-state index contributed by atoms with van der Waals surface area (Å²) in [5.41, 5.74) is 5.08. The van der Waals surface area contributed by atoms with E-state index in [9.17, 15) is 4.79 Å². The molecule has 0 saturated carbocycles. The zero-order chi connectivity index (χ0) is 26.6. The van der Waals surface area contributed by atoms with E-state index >= 15 is 0 Å². The summed E-state index contributed by atoms with van der Waals surface area (Å²) in [6.07, 6.45) is 0. The van der Waals surface area contributed by atoms with Crippen molar-refractivity contribution in [2.45, 2.75) is 46.7 Å². The SMILES string of the molecule is CCOc1cc(CNc2ccc(-c3nc4ccc(C)cc4s3)cc2)c(Br)cc1OCC(=O)NC(C)(C)C. The maximum absolute atomic E-state index is 12.2. The molecule has 0 saturated heterocycles. The number of rotatable bonds is 9. The van der Waals surface area contributed by atoms with Crippen LogP contribution in [0.1, 0.15) is 38.8 Å². The van der Waals surface area contributed by atoms with Gasteiger partial charge in [-0.3, -0.25) is 4.79 Å². The molecular formula is C29H32BrN3O3S. The number of hydrogen-bond donors (Lipinski definition) is 2. The van der Waals surface area contributed by atoms with Gasteiger partial charge in [0.05, 0.1) is 16.8 Å². The number of anilines is 1. The first-order valence-corrected chi connectivity index (χ1v) is 13.8. The van der Waals surface area contributed by atoms with Crippen LogP contribution in [0.3, 0.4) is 0 Å². The third-order valence-corrected chi connectivity index (χ3v) is 7.25. The summed E-state index contributed by atoms with van der Waals surface area (Å²) in [5.74, 6) is 0.950. The average Bonchev–Trinajstić information content (AvgIpc) is 3.25. The first kappa shape index (κ1) is 26.9. The Labute approximate surface area is 230 Å². The van der Waals surface area contributed by atoms with Crippen LogP contribution in [0, 0.1) is 6.92 Å². The summed E-state index contributed by atoms with van der Waals surface area (Å²) in [6, 6.07) is 18.4. The molecule has 2 N–H and O–H groups in total. The van der Waals surface area contributed by atoms with E-state index in [0.717, 1.165) is 31.8 Å². The first-order chi connectivity index (χ1) is 17.6. The van der Waals surface area contributed by atoms with Crippen molar-refractivity contribution >= 4 is 49.1 Å². The lowest BCUT2D eigenvalue weighted by molar-refractivity contribution is -0.124. The molecule has 0 aliphatic heterocycles. The highest BCUT2D eigenvalue weighted by Gasteiger charge is 2.16. The Balaban J connectivity index is 1.42. The van der Waals surface area contributed by atoms with Gasteiger partial charge in [-0.15, -0.1) is 11.3 Å². The van der Waals surface area contributed by atoms with Gasteiger partial charge in [0.25, 0.3) is 5.91 Å². The van der Waals surface area contributed by atoms with Crippen LogP contribution in [0.25, 0.3) is 20.8 Å². The van der Waals surface area contributed by atoms with Gasteiger partial charge in [-0.1, -0.05) is 22.0 Å². The second-order valence-electron chi connectivity index (χ2n) is 9.83.